The number of fused-ring (bicyclic) bond motifs is 1. The number of ketones is 1. The molecule has 0 unspecified atom stereocenters. The summed E-state index contributed by atoms with van der Waals surface area (Å²) in [6.45, 7) is 6.62. The molecule has 0 radical (unpaired) electrons. The number of rotatable bonds is 18. The zero-order valence-corrected chi connectivity index (χ0v) is 25.2. The Morgan fingerprint density at radius 1 is 0.850 bits per heavy atom. The molecule has 0 bridgehead atoms. The minimum Gasteiger partial charge on any atom is -0.507 e. The van der Waals surface area contributed by atoms with Gasteiger partial charge in [-0.2, -0.15) is 0 Å². The van der Waals surface area contributed by atoms with Gasteiger partial charge in [-0.1, -0.05) is 114 Å². The molecule has 3 rings (SSSR count). The summed E-state index contributed by atoms with van der Waals surface area (Å²) >= 11 is 0. The lowest BCUT2D eigenvalue weighted by Crippen LogP contribution is -2.26. The standard InChI is InChI=1S/C34H49N3O3/c1-5-7-8-9-10-11-12-13-14-15-16-17-18-19-29-30(34(40)35-6-2)37(4)33(36-29)32(39)28-23-21-26-24-25(3)20-22-27(26)31(28)38/h20-24,38H,5-19H2,1-4H3,(H,35,40). The first-order valence-electron chi connectivity index (χ1n) is 15.5. The van der Waals surface area contributed by atoms with Crippen LogP contribution in [0.25, 0.3) is 10.8 Å². The second kappa shape index (κ2) is 16.2. The Labute approximate surface area is 240 Å². The van der Waals surface area contributed by atoms with Crippen LogP contribution in [0.5, 0.6) is 5.75 Å². The van der Waals surface area contributed by atoms with Gasteiger partial charge in [0.05, 0.1) is 11.3 Å². The van der Waals surface area contributed by atoms with Crippen molar-refractivity contribution in [2.75, 3.05) is 6.54 Å². The molecule has 2 aromatic carbocycles. The smallest absolute Gasteiger partial charge is 0.269 e. The summed E-state index contributed by atoms with van der Waals surface area (Å²) in [7, 11) is 1.71. The molecule has 3 aromatic rings. The Morgan fingerprint density at radius 3 is 2.05 bits per heavy atom. The molecule has 0 aliphatic heterocycles. The lowest BCUT2D eigenvalue weighted by molar-refractivity contribution is 0.0946. The van der Waals surface area contributed by atoms with E-state index in [4.69, 9.17) is 0 Å². The van der Waals surface area contributed by atoms with Gasteiger partial charge in [-0.25, -0.2) is 4.98 Å². The highest BCUT2D eigenvalue weighted by Crippen LogP contribution is 2.31. The SMILES string of the molecule is CCCCCCCCCCCCCCCc1nc(C(=O)c2ccc3cc(C)ccc3c2O)n(C)c1C(=O)NCC. The average Bonchev–Trinajstić information content (AvgIpc) is 3.27. The van der Waals surface area contributed by atoms with Crippen LogP contribution in [0, 0.1) is 6.92 Å². The molecule has 0 aliphatic carbocycles. The highest BCUT2D eigenvalue weighted by Gasteiger charge is 2.26. The molecule has 1 aromatic heterocycles. The zero-order chi connectivity index (χ0) is 28.9. The number of aromatic hydroxyl groups is 1. The molecular weight excluding hydrogens is 498 g/mol. The van der Waals surface area contributed by atoms with Crippen molar-refractivity contribution in [3.63, 3.8) is 0 Å². The molecule has 6 nitrogen and oxygen atoms in total. The van der Waals surface area contributed by atoms with Crippen LogP contribution < -0.4 is 5.32 Å². The molecule has 0 fully saturated rings. The second-order valence-electron chi connectivity index (χ2n) is 11.2. The number of phenols is 1. The number of hydrogen-bond acceptors (Lipinski definition) is 4. The van der Waals surface area contributed by atoms with Crippen LogP contribution in [0.2, 0.25) is 0 Å². The second-order valence-corrected chi connectivity index (χ2v) is 11.2. The van der Waals surface area contributed by atoms with Gasteiger partial charge in [0, 0.05) is 19.0 Å². The van der Waals surface area contributed by atoms with E-state index >= 15 is 0 Å². The topological polar surface area (TPSA) is 84.2 Å². The molecule has 0 saturated carbocycles. The maximum atomic E-state index is 13.6. The molecule has 40 heavy (non-hydrogen) atoms. The van der Waals surface area contributed by atoms with Crippen LogP contribution in [-0.2, 0) is 13.5 Å². The van der Waals surface area contributed by atoms with Gasteiger partial charge in [0.15, 0.2) is 5.82 Å². The lowest BCUT2D eigenvalue weighted by atomic mass is 10.0. The van der Waals surface area contributed by atoms with Crippen LogP contribution >= 0.6 is 0 Å². The van der Waals surface area contributed by atoms with E-state index in [0.29, 0.717) is 29.7 Å². The number of imidazole rings is 1. The predicted octanol–water partition coefficient (Wildman–Crippen LogP) is 8.20. The first-order valence-corrected chi connectivity index (χ1v) is 15.5. The molecule has 0 spiro atoms. The van der Waals surface area contributed by atoms with Crippen molar-refractivity contribution in [2.45, 2.75) is 111 Å². The minimum atomic E-state index is -0.385. The highest BCUT2D eigenvalue weighted by atomic mass is 16.3. The first kappa shape index (κ1) is 31.4. The number of unbranched alkanes of at least 4 members (excludes halogenated alkanes) is 12. The van der Waals surface area contributed by atoms with Crippen LogP contribution in [0.3, 0.4) is 0 Å². The van der Waals surface area contributed by atoms with Gasteiger partial charge >= 0.3 is 0 Å². The Balaban J connectivity index is 1.59. The molecule has 0 atom stereocenters. The predicted molar refractivity (Wildman–Crippen MR) is 164 cm³/mol. The molecule has 1 amide bonds. The minimum absolute atomic E-state index is 0.0527. The molecule has 2 N–H and O–H groups in total. The fraction of sp³-hybridized carbons (Fsp3) is 0.559. The van der Waals surface area contributed by atoms with Crippen LogP contribution in [0.1, 0.15) is 135 Å². The lowest BCUT2D eigenvalue weighted by Gasteiger charge is -2.09. The Kier molecular flexibility index (Phi) is 12.7. The summed E-state index contributed by atoms with van der Waals surface area (Å²) in [5.74, 6) is -0.486. The quantitative estimate of drug-likeness (QED) is 0.124. The van der Waals surface area contributed by atoms with E-state index in [1.807, 2.05) is 38.1 Å². The molecule has 0 aliphatic rings. The van der Waals surface area contributed by atoms with Crippen LogP contribution in [0.4, 0.5) is 0 Å². The van der Waals surface area contributed by atoms with Crippen molar-refractivity contribution in [1.29, 1.82) is 0 Å². The van der Waals surface area contributed by atoms with E-state index in [1.165, 1.54) is 70.6 Å². The number of benzene rings is 2. The number of nitrogens with one attached hydrogen (secondary N) is 1. The first-order chi connectivity index (χ1) is 19.4. The third kappa shape index (κ3) is 8.42. The number of carbonyl (C=O) groups is 2. The molecule has 1 heterocycles. The Bertz CT molecular complexity index is 1260. The zero-order valence-electron chi connectivity index (χ0n) is 25.2. The van der Waals surface area contributed by atoms with Gasteiger partial charge in [-0.3, -0.25) is 9.59 Å². The van der Waals surface area contributed by atoms with Gasteiger partial charge in [-0.15, -0.1) is 0 Å². The van der Waals surface area contributed by atoms with E-state index < -0.39 is 0 Å². The van der Waals surface area contributed by atoms with Crippen molar-refractivity contribution < 1.29 is 14.7 Å². The van der Waals surface area contributed by atoms with Crippen molar-refractivity contribution >= 4 is 22.5 Å². The summed E-state index contributed by atoms with van der Waals surface area (Å²) in [5, 5.41) is 15.3. The van der Waals surface area contributed by atoms with Crippen molar-refractivity contribution in [1.82, 2.24) is 14.9 Å². The summed E-state index contributed by atoms with van der Waals surface area (Å²) in [5.41, 5.74) is 2.36. The van der Waals surface area contributed by atoms with Crippen molar-refractivity contribution in [3.8, 4) is 5.75 Å². The van der Waals surface area contributed by atoms with Crippen LogP contribution in [-0.4, -0.2) is 32.9 Å². The van der Waals surface area contributed by atoms with Crippen molar-refractivity contribution in [2.24, 2.45) is 7.05 Å². The van der Waals surface area contributed by atoms with Gasteiger partial charge in [0.25, 0.3) is 5.91 Å². The average molecular weight is 548 g/mol. The fourth-order valence-electron chi connectivity index (χ4n) is 5.51. The van der Waals surface area contributed by atoms with E-state index in [9.17, 15) is 14.7 Å². The maximum Gasteiger partial charge on any atom is 0.269 e. The Hall–Kier alpha value is -3.15. The van der Waals surface area contributed by atoms with Gasteiger partial charge in [0.2, 0.25) is 5.78 Å². The summed E-state index contributed by atoms with van der Waals surface area (Å²) < 4.78 is 1.59. The third-order valence-electron chi connectivity index (χ3n) is 7.83. The van der Waals surface area contributed by atoms with Crippen LogP contribution in [0.15, 0.2) is 30.3 Å². The summed E-state index contributed by atoms with van der Waals surface area (Å²) in [6, 6.07) is 9.21. The molecule has 218 valence electrons. The molecular formula is C34H49N3O3. The van der Waals surface area contributed by atoms with E-state index in [2.05, 4.69) is 17.2 Å². The fourth-order valence-corrected chi connectivity index (χ4v) is 5.51. The van der Waals surface area contributed by atoms with E-state index in [-0.39, 0.29) is 28.8 Å². The number of nitrogens with zero attached hydrogens (tertiary/aromatic N) is 2. The number of carbonyl (C=O) groups excluding carboxylic acids is 2. The monoisotopic (exact) mass is 547 g/mol. The van der Waals surface area contributed by atoms with E-state index in [0.717, 1.165) is 23.8 Å². The summed E-state index contributed by atoms with van der Waals surface area (Å²) in [6.07, 6.45) is 17.2. The highest BCUT2D eigenvalue weighted by molar-refractivity contribution is 6.12. The van der Waals surface area contributed by atoms with Gasteiger partial charge in [0.1, 0.15) is 11.4 Å². The third-order valence-corrected chi connectivity index (χ3v) is 7.83. The van der Waals surface area contributed by atoms with Gasteiger partial charge < -0.3 is 15.0 Å². The Morgan fingerprint density at radius 2 is 1.45 bits per heavy atom. The van der Waals surface area contributed by atoms with Crippen molar-refractivity contribution in [3.05, 3.63) is 58.7 Å². The number of phenolic OH excluding ortho intramolecular Hbond substituents is 1. The molecule has 6 heteroatoms. The number of aromatic nitrogens is 2. The maximum absolute atomic E-state index is 13.6. The number of amides is 1. The molecule has 0 saturated heterocycles. The van der Waals surface area contributed by atoms with E-state index in [1.54, 1.807) is 17.7 Å². The largest absolute Gasteiger partial charge is 0.507 e. The number of aryl methyl sites for hydroxylation is 2. The normalized spacial score (nSPS) is 11.3. The summed E-state index contributed by atoms with van der Waals surface area (Å²) in [4.78, 5) is 31.2. The number of hydrogen-bond donors (Lipinski definition) is 2. The van der Waals surface area contributed by atoms with Gasteiger partial charge in [-0.05, 0) is 38.1 Å².